The van der Waals surface area contributed by atoms with Crippen molar-refractivity contribution in [2.75, 3.05) is 7.05 Å². The number of rotatable bonds is 2. The molecule has 90 valence electrons. The van der Waals surface area contributed by atoms with Crippen LogP contribution in [0, 0.1) is 10.1 Å². The molecule has 0 bridgehead atoms. The van der Waals surface area contributed by atoms with Crippen molar-refractivity contribution < 1.29 is 14.5 Å². The number of nitro groups is 1. The van der Waals surface area contributed by atoms with Crippen LogP contribution < -0.4 is 16.2 Å². The van der Waals surface area contributed by atoms with Crippen LogP contribution in [0.4, 0.5) is 10.5 Å². The molecule has 0 radical (unpaired) electrons. The topological polar surface area (TPSA) is 113 Å². The molecule has 0 aliphatic rings. The van der Waals surface area contributed by atoms with Crippen molar-refractivity contribution in [2.45, 2.75) is 0 Å². The first-order chi connectivity index (χ1) is 8.04. The van der Waals surface area contributed by atoms with E-state index in [1.54, 1.807) is 0 Å². The smallest absolute Gasteiger partial charge is 0.333 e. The summed E-state index contributed by atoms with van der Waals surface area (Å²) < 4.78 is 0. The van der Waals surface area contributed by atoms with Crippen LogP contribution in [0.3, 0.4) is 0 Å². The number of hydrazine groups is 1. The lowest BCUT2D eigenvalue weighted by atomic mass is 10.2. The molecular weight excluding hydrogens is 228 g/mol. The van der Waals surface area contributed by atoms with Gasteiger partial charge in [-0.05, 0) is 12.1 Å². The molecule has 3 N–H and O–H groups in total. The molecular formula is C9H10N4O4. The molecule has 1 aromatic rings. The maximum atomic E-state index is 11.4. The average Bonchev–Trinajstić information content (AvgIpc) is 2.35. The first-order valence-corrected chi connectivity index (χ1v) is 4.57. The van der Waals surface area contributed by atoms with Crippen molar-refractivity contribution in [3.05, 3.63) is 39.9 Å². The van der Waals surface area contributed by atoms with Gasteiger partial charge >= 0.3 is 6.03 Å². The number of amides is 3. The lowest BCUT2D eigenvalue weighted by Crippen LogP contribution is -2.45. The van der Waals surface area contributed by atoms with Crippen molar-refractivity contribution in [3.8, 4) is 0 Å². The Morgan fingerprint density at radius 2 is 1.76 bits per heavy atom. The maximum absolute atomic E-state index is 11.4. The predicted molar refractivity (Wildman–Crippen MR) is 58.2 cm³/mol. The van der Waals surface area contributed by atoms with Crippen molar-refractivity contribution in [3.63, 3.8) is 0 Å². The fourth-order valence-electron chi connectivity index (χ4n) is 0.983. The van der Waals surface area contributed by atoms with Gasteiger partial charge in [-0.2, -0.15) is 0 Å². The molecule has 0 heterocycles. The molecule has 1 aromatic carbocycles. The van der Waals surface area contributed by atoms with Crippen LogP contribution in [-0.4, -0.2) is 23.9 Å². The number of urea groups is 1. The Hall–Kier alpha value is -2.64. The van der Waals surface area contributed by atoms with Gasteiger partial charge in [0.2, 0.25) is 0 Å². The van der Waals surface area contributed by atoms with Crippen LogP contribution in [-0.2, 0) is 0 Å². The molecule has 1 rings (SSSR count). The summed E-state index contributed by atoms with van der Waals surface area (Å²) in [5.41, 5.74) is 4.30. The molecule has 8 nitrogen and oxygen atoms in total. The van der Waals surface area contributed by atoms with Gasteiger partial charge in [-0.1, -0.05) is 0 Å². The summed E-state index contributed by atoms with van der Waals surface area (Å²) in [5.74, 6) is -0.566. The molecule has 0 saturated carbocycles. The van der Waals surface area contributed by atoms with Crippen molar-refractivity contribution >= 4 is 17.6 Å². The molecule has 8 heteroatoms. The molecule has 0 spiro atoms. The monoisotopic (exact) mass is 238 g/mol. The van der Waals surface area contributed by atoms with Gasteiger partial charge in [0.15, 0.2) is 0 Å². The number of carbonyl (C=O) groups excluding carboxylic acids is 2. The highest BCUT2D eigenvalue weighted by Crippen LogP contribution is 2.11. The summed E-state index contributed by atoms with van der Waals surface area (Å²) in [6, 6.07) is 4.42. The van der Waals surface area contributed by atoms with Crippen LogP contribution >= 0.6 is 0 Å². The fourth-order valence-corrected chi connectivity index (χ4v) is 0.983. The second-order valence-electron chi connectivity index (χ2n) is 2.96. The number of nitro benzene ring substituents is 1. The fraction of sp³-hybridized carbons (Fsp3) is 0.111. The first-order valence-electron chi connectivity index (χ1n) is 4.57. The minimum Gasteiger partial charge on any atom is -0.340 e. The molecule has 0 atom stereocenters. The zero-order valence-electron chi connectivity index (χ0n) is 8.89. The highest BCUT2D eigenvalue weighted by molar-refractivity contribution is 5.95. The number of non-ortho nitro benzene ring substituents is 1. The SMILES string of the molecule is CNC(=O)NNC(=O)c1ccc([N+](=O)[O-])cc1. The quantitative estimate of drug-likeness (QED) is 0.503. The molecule has 0 aliphatic carbocycles. The van der Waals surface area contributed by atoms with Gasteiger partial charge < -0.3 is 5.32 Å². The lowest BCUT2D eigenvalue weighted by Gasteiger charge is -2.06. The summed E-state index contributed by atoms with van der Waals surface area (Å²) >= 11 is 0. The molecule has 3 amide bonds. The Labute approximate surface area is 96.1 Å². The van der Waals surface area contributed by atoms with Gasteiger partial charge in [0.1, 0.15) is 0 Å². The summed E-state index contributed by atoms with van der Waals surface area (Å²) in [7, 11) is 1.40. The van der Waals surface area contributed by atoms with Crippen LogP contribution in [0.25, 0.3) is 0 Å². The molecule has 0 saturated heterocycles. The van der Waals surface area contributed by atoms with E-state index in [0.717, 1.165) is 0 Å². The Kier molecular flexibility index (Phi) is 3.98. The Morgan fingerprint density at radius 1 is 1.18 bits per heavy atom. The van der Waals surface area contributed by atoms with Gasteiger partial charge in [0, 0.05) is 24.7 Å². The number of hydrogen-bond acceptors (Lipinski definition) is 4. The van der Waals surface area contributed by atoms with Gasteiger partial charge in [-0.25, -0.2) is 10.2 Å². The van der Waals surface area contributed by atoms with Crippen LogP contribution in [0.5, 0.6) is 0 Å². The molecule has 0 aromatic heterocycles. The molecule has 0 aliphatic heterocycles. The van der Waals surface area contributed by atoms with Crippen molar-refractivity contribution in [1.29, 1.82) is 0 Å². The van der Waals surface area contributed by atoms with E-state index >= 15 is 0 Å². The van der Waals surface area contributed by atoms with E-state index in [9.17, 15) is 19.7 Å². The molecule has 17 heavy (non-hydrogen) atoms. The summed E-state index contributed by atoms with van der Waals surface area (Å²) in [6.07, 6.45) is 0. The van der Waals surface area contributed by atoms with Gasteiger partial charge in [-0.15, -0.1) is 0 Å². The minimum absolute atomic E-state index is 0.110. The minimum atomic E-state index is -0.569. The number of hydrogen-bond donors (Lipinski definition) is 3. The Bertz CT molecular complexity index is 443. The maximum Gasteiger partial charge on any atom is 0.333 e. The number of carbonyl (C=O) groups is 2. The van der Waals surface area contributed by atoms with E-state index < -0.39 is 16.9 Å². The van der Waals surface area contributed by atoms with Gasteiger partial charge in [0.25, 0.3) is 11.6 Å². The zero-order valence-corrected chi connectivity index (χ0v) is 8.89. The second kappa shape index (κ2) is 5.45. The summed E-state index contributed by atoms with van der Waals surface area (Å²) in [5, 5.41) is 12.6. The average molecular weight is 238 g/mol. The predicted octanol–water partition coefficient (Wildman–Crippen LogP) is 0.169. The normalized spacial score (nSPS) is 9.24. The van der Waals surface area contributed by atoms with Crippen LogP contribution in [0.15, 0.2) is 24.3 Å². The lowest BCUT2D eigenvalue weighted by molar-refractivity contribution is -0.384. The van der Waals surface area contributed by atoms with E-state index in [2.05, 4.69) is 16.2 Å². The molecule has 0 fully saturated rings. The number of benzene rings is 1. The third-order valence-corrected chi connectivity index (χ3v) is 1.86. The van der Waals surface area contributed by atoms with Crippen LogP contribution in [0.1, 0.15) is 10.4 Å². The van der Waals surface area contributed by atoms with E-state index in [0.29, 0.717) is 0 Å². The van der Waals surface area contributed by atoms with Crippen molar-refractivity contribution in [2.24, 2.45) is 0 Å². The standard InChI is InChI=1S/C9H10N4O4/c1-10-9(15)12-11-8(14)6-2-4-7(5-3-6)13(16)17/h2-5H,1H3,(H,11,14)(H2,10,12,15). The highest BCUT2D eigenvalue weighted by Gasteiger charge is 2.09. The third-order valence-electron chi connectivity index (χ3n) is 1.86. The largest absolute Gasteiger partial charge is 0.340 e. The molecule has 0 unspecified atom stereocenters. The Morgan fingerprint density at radius 3 is 2.24 bits per heavy atom. The Balaban J connectivity index is 2.64. The summed E-state index contributed by atoms with van der Waals surface area (Å²) in [6.45, 7) is 0. The number of nitrogens with one attached hydrogen (secondary N) is 3. The van der Waals surface area contributed by atoms with Gasteiger partial charge in [0.05, 0.1) is 4.92 Å². The summed E-state index contributed by atoms with van der Waals surface area (Å²) in [4.78, 5) is 32.0. The van der Waals surface area contributed by atoms with E-state index in [4.69, 9.17) is 0 Å². The second-order valence-corrected chi connectivity index (χ2v) is 2.96. The zero-order chi connectivity index (χ0) is 12.8. The van der Waals surface area contributed by atoms with E-state index in [1.807, 2.05) is 0 Å². The van der Waals surface area contributed by atoms with Crippen LogP contribution in [0.2, 0.25) is 0 Å². The highest BCUT2D eigenvalue weighted by atomic mass is 16.6. The van der Waals surface area contributed by atoms with Gasteiger partial charge in [-0.3, -0.25) is 20.3 Å². The van der Waals surface area contributed by atoms with E-state index in [-0.39, 0.29) is 11.3 Å². The third kappa shape index (κ3) is 3.45. The first kappa shape index (κ1) is 12.4. The van der Waals surface area contributed by atoms with E-state index in [1.165, 1.54) is 31.3 Å². The number of nitrogens with zero attached hydrogens (tertiary/aromatic N) is 1. The van der Waals surface area contributed by atoms with Crippen molar-refractivity contribution in [1.82, 2.24) is 16.2 Å².